The number of carbonyl (C=O) groups excluding carboxylic acids is 2. The van der Waals surface area contributed by atoms with E-state index >= 15 is 0 Å². The highest BCUT2D eigenvalue weighted by atomic mass is 35.5. The molecule has 0 aliphatic carbocycles. The molecule has 3 heterocycles. The minimum absolute atomic E-state index is 0.00730. The standard InChI is InChI=1S/C20H25ClN4O2S/c1-20(2,3)23-17-8-5-13(11-22-17)18(26)25-10-9-14(12-25)24(4)19(27)15-6-7-16(21)28-15/h5-8,11,14H,9-10,12H2,1-4H3,(H,22,23)/t14-/m0/s1. The number of aromatic nitrogens is 1. The molecule has 28 heavy (non-hydrogen) atoms. The van der Waals surface area contributed by atoms with Crippen LogP contribution < -0.4 is 5.32 Å². The first-order valence-corrected chi connectivity index (χ1v) is 10.4. The lowest BCUT2D eigenvalue weighted by atomic mass is 10.1. The summed E-state index contributed by atoms with van der Waals surface area (Å²) in [5, 5.41) is 3.28. The Morgan fingerprint density at radius 1 is 1.29 bits per heavy atom. The highest BCUT2D eigenvalue weighted by Gasteiger charge is 2.32. The molecule has 2 aromatic rings. The number of amides is 2. The van der Waals surface area contributed by atoms with Gasteiger partial charge in [-0.05, 0) is 51.5 Å². The molecule has 0 aromatic carbocycles. The van der Waals surface area contributed by atoms with E-state index < -0.39 is 0 Å². The van der Waals surface area contributed by atoms with Crippen LogP contribution in [0.4, 0.5) is 5.82 Å². The van der Waals surface area contributed by atoms with Crippen LogP contribution in [0, 0.1) is 0 Å². The van der Waals surface area contributed by atoms with Crippen LogP contribution in [0.1, 0.15) is 47.2 Å². The van der Waals surface area contributed by atoms with Crippen molar-refractivity contribution in [3.05, 3.63) is 45.2 Å². The van der Waals surface area contributed by atoms with Crippen molar-refractivity contribution in [1.29, 1.82) is 0 Å². The number of likely N-dealkylation sites (tertiary alicyclic amines) is 1. The van der Waals surface area contributed by atoms with Gasteiger partial charge < -0.3 is 15.1 Å². The maximum Gasteiger partial charge on any atom is 0.264 e. The van der Waals surface area contributed by atoms with Crippen LogP contribution >= 0.6 is 22.9 Å². The van der Waals surface area contributed by atoms with Gasteiger partial charge in [0.15, 0.2) is 0 Å². The fourth-order valence-corrected chi connectivity index (χ4v) is 4.20. The quantitative estimate of drug-likeness (QED) is 0.812. The Kier molecular flexibility index (Phi) is 5.95. The summed E-state index contributed by atoms with van der Waals surface area (Å²) < 4.78 is 0.594. The fraction of sp³-hybridized carbons (Fsp3) is 0.450. The Morgan fingerprint density at radius 3 is 2.61 bits per heavy atom. The van der Waals surface area contributed by atoms with Gasteiger partial charge in [-0.15, -0.1) is 11.3 Å². The zero-order valence-corrected chi connectivity index (χ0v) is 18.1. The van der Waals surface area contributed by atoms with E-state index in [1.54, 1.807) is 41.2 Å². The summed E-state index contributed by atoms with van der Waals surface area (Å²) in [6.07, 6.45) is 2.36. The second kappa shape index (κ2) is 8.09. The van der Waals surface area contributed by atoms with Gasteiger partial charge >= 0.3 is 0 Å². The number of halogens is 1. The molecule has 1 aliphatic heterocycles. The summed E-state index contributed by atoms with van der Waals surface area (Å²) in [5.74, 6) is 0.621. The number of hydrogen-bond acceptors (Lipinski definition) is 5. The summed E-state index contributed by atoms with van der Waals surface area (Å²) in [6, 6.07) is 7.07. The Balaban J connectivity index is 1.61. The molecule has 2 amide bonds. The molecule has 3 rings (SSSR count). The minimum Gasteiger partial charge on any atom is -0.365 e. The van der Waals surface area contributed by atoms with Crippen LogP contribution in [0.5, 0.6) is 0 Å². The second-order valence-corrected chi connectivity index (χ2v) is 9.74. The Morgan fingerprint density at radius 2 is 2.04 bits per heavy atom. The summed E-state index contributed by atoms with van der Waals surface area (Å²) in [7, 11) is 1.78. The van der Waals surface area contributed by atoms with Crippen LogP contribution in [0.3, 0.4) is 0 Å². The first kappa shape index (κ1) is 20.6. The predicted molar refractivity (Wildman–Crippen MR) is 113 cm³/mol. The zero-order valence-electron chi connectivity index (χ0n) is 16.5. The number of rotatable bonds is 4. The van der Waals surface area contributed by atoms with Crippen molar-refractivity contribution in [2.45, 2.75) is 38.8 Å². The van der Waals surface area contributed by atoms with E-state index in [9.17, 15) is 9.59 Å². The average Bonchev–Trinajstić information content (AvgIpc) is 3.28. The maximum atomic E-state index is 12.8. The fourth-order valence-electron chi connectivity index (χ4n) is 3.17. The van der Waals surface area contributed by atoms with Crippen molar-refractivity contribution >= 4 is 40.6 Å². The third kappa shape index (κ3) is 4.83. The molecule has 1 saturated heterocycles. The molecule has 0 saturated carbocycles. The number of anilines is 1. The molecule has 0 bridgehead atoms. The van der Waals surface area contributed by atoms with Crippen LogP contribution in [0.25, 0.3) is 0 Å². The third-order valence-electron chi connectivity index (χ3n) is 4.62. The first-order valence-electron chi connectivity index (χ1n) is 9.20. The lowest BCUT2D eigenvalue weighted by Crippen LogP contribution is -2.39. The van der Waals surface area contributed by atoms with Crippen molar-refractivity contribution < 1.29 is 9.59 Å². The van der Waals surface area contributed by atoms with E-state index in [0.29, 0.717) is 27.9 Å². The van der Waals surface area contributed by atoms with Gasteiger partial charge in [0.1, 0.15) is 5.82 Å². The largest absolute Gasteiger partial charge is 0.365 e. The Bertz CT molecular complexity index is 860. The van der Waals surface area contributed by atoms with Gasteiger partial charge in [0.2, 0.25) is 0 Å². The van der Waals surface area contributed by atoms with E-state index in [-0.39, 0.29) is 23.4 Å². The van der Waals surface area contributed by atoms with E-state index in [2.05, 4.69) is 31.1 Å². The number of hydrogen-bond donors (Lipinski definition) is 1. The van der Waals surface area contributed by atoms with Gasteiger partial charge in [0.25, 0.3) is 11.8 Å². The van der Waals surface area contributed by atoms with E-state index in [1.807, 2.05) is 6.07 Å². The summed E-state index contributed by atoms with van der Waals surface area (Å²) >= 11 is 7.20. The Hall–Kier alpha value is -2.12. The van der Waals surface area contributed by atoms with Gasteiger partial charge in [-0.1, -0.05) is 11.6 Å². The maximum absolute atomic E-state index is 12.8. The highest BCUT2D eigenvalue weighted by Crippen LogP contribution is 2.25. The van der Waals surface area contributed by atoms with Gasteiger partial charge in [-0.25, -0.2) is 4.98 Å². The minimum atomic E-state index is -0.0926. The van der Waals surface area contributed by atoms with Gasteiger partial charge in [0, 0.05) is 31.9 Å². The van der Waals surface area contributed by atoms with E-state index in [0.717, 1.165) is 12.2 Å². The van der Waals surface area contributed by atoms with E-state index in [4.69, 9.17) is 11.6 Å². The normalized spacial score (nSPS) is 16.9. The number of thiophene rings is 1. The van der Waals surface area contributed by atoms with Gasteiger partial charge in [-0.3, -0.25) is 9.59 Å². The number of pyridine rings is 1. The molecule has 1 fully saturated rings. The first-order chi connectivity index (χ1) is 13.1. The molecule has 8 heteroatoms. The van der Waals surface area contributed by atoms with Crippen molar-refractivity contribution in [3.8, 4) is 0 Å². The predicted octanol–water partition coefficient (Wildman–Crippen LogP) is 3.99. The van der Waals surface area contributed by atoms with Crippen LogP contribution in [-0.4, -0.2) is 58.3 Å². The van der Waals surface area contributed by atoms with Crippen molar-refractivity contribution in [2.75, 3.05) is 25.5 Å². The zero-order chi connectivity index (χ0) is 20.5. The van der Waals surface area contributed by atoms with Crippen LogP contribution in [-0.2, 0) is 0 Å². The van der Waals surface area contributed by atoms with Crippen molar-refractivity contribution in [1.82, 2.24) is 14.8 Å². The number of carbonyl (C=O) groups is 2. The number of nitrogens with zero attached hydrogens (tertiary/aromatic N) is 3. The highest BCUT2D eigenvalue weighted by molar-refractivity contribution is 7.17. The third-order valence-corrected chi connectivity index (χ3v) is 5.84. The van der Waals surface area contributed by atoms with Crippen molar-refractivity contribution in [3.63, 3.8) is 0 Å². The lowest BCUT2D eigenvalue weighted by molar-refractivity contribution is 0.0704. The molecule has 6 nitrogen and oxygen atoms in total. The molecular formula is C20H25ClN4O2S. The molecular weight excluding hydrogens is 396 g/mol. The molecule has 1 atom stereocenters. The molecule has 1 aliphatic rings. The van der Waals surface area contributed by atoms with E-state index in [1.165, 1.54) is 11.3 Å². The molecule has 0 unspecified atom stereocenters. The topological polar surface area (TPSA) is 65.5 Å². The molecule has 150 valence electrons. The SMILES string of the molecule is CN(C(=O)c1ccc(Cl)s1)[C@H]1CCN(C(=O)c2ccc(NC(C)(C)C)nc2)C1. The summed E-state index contributed by atoms with van der Waals surface area (Å²) in [5.41, 5.74) is 0.462. The van der Waals surface area contributed by atoms with Gasteiger partial charge in [0.05, 0.1) is 20.8 Å². The number of likely N-dealkylation sites (N-methyl/N-ethyl adjacent to an activating group) is 1. The molecule has 1 N–H and O–H groups in total. The van der Waals surface area contributed by atoms with Gasteiger partial charge in [-0.2, -0.15) is 0 Å². The second-order valence-electron chi connectivity index (χ2n) is 8.02. The summed E-state index contributed by atoms with van der Waals surface area (Å²) in [6.45, 7) is 7.30. The summed E-state index contributed by atoms with van der Waals surface area (Å²) in [4.78, 5) is 33.9. The smallest absolute Gasteiger partial charge is 0.264 e. The van der Waals surface area contributed by atoms with Crippen LogP contribution in [0.2, 0.25) is 4.34 Å². The lowest BCUT2D eigenvalue weighted by Gasteiger charge is -2.24. The average molecular weight is 421 g/mol. The molecule has 0 radical (unpaired) electrons. The molecule has 0 spiro atoms. The molecule has 2 aromatic heterocycles. The van der Waals surface area contributed by atoms with Crippen molar-refractivity contribution in [2.24, 2.45) is 0 Å². The number of nitrogens with one attached hydrogen (secondary N) is 1. The monoisotopic (exact) mass is 420 g/mol. The van der Waals surface area contributed by atoms with Crippen LogP contribution in [0.15, 0.2) is 30.5 Å². The Labute approximate surface area is 174 Å².